The van der Waals surface area contributed by atoms with Gasteiger partial charge in [-0.3, -0.25) is 9.59 Å². The summed E-state index contributed by atoms with van der Waals surface area (Å²) in [5.74, 6) is 1.10. The largest absolute Gasteiger partial charge is 0.489 e. The quantitative estimate of drug-likeness (QED) is 0.839. The molecule has 28 heavy (non-hydrogen) atoms. The molecular formula is C23H26N2O3. The first-order valence-corrected chi connectivity index (χ1v) is 9.96. The van der Waals surface area contributed by atoms with Crippen LogP contribution < -0.4 is 10.5 Å². The third-order valence-electron chi connectivity index (χ3n) is 5.87. The summed E-state index contributed by atoms with van der Waals surface area (Å²) in [5.41, 5.74) is 7.70. The summed E-state index contributed by atoms with van der Waals surface area (Å²) in [7, 11) is 0. The lowest BCUT2D eigenvalue weighted by Crippen LogP contribution is -2.42. The lowest BCUT2D eigenvalue weighted by molar-refractivity contribution is -0.136. The van der Waals surface area contributed by atoms with Crippen molar-refractivity contribution in [2.24, 2.45) is 17.6 Å². The number of hydrogen-bond donors (Lipinski definition) is 1. The van der Waals surface area contributed by atoms with Gasteiger partial charge in [0.25, 0.3) is 0 Å². The number of nitrogens with two attached hydrogens (primary N) is 1. The van der Waals surface area contributed by atoms with E-state index in [-0.39, 0.29) is 23.7 Å². The highest BCUT2D eigenvalue weighted by Crippen LogP contribution is 2.49. The molecule has 1 saturated carbocycles. The van der Waals surface area contributed by atoms with Gasteiger partial charge < -0.3 is 15.4 Å². The molecule has 0 radical (unpaired) electrons. The Bertz CT molecular complexity index is 827. The van der Waals surface area contributed by atoms with Gasteiger partial charge in [-0.2, -0.15) is 0 Å². The van der Waals surface area contributed by atoms with Gasteiger partial charge in [0.05, 0.1) is 0 Å². The fourth-order valence-electron chi connectivity index (χ4n) is 4.01. The summed E-state index contributed by atoms with van der Waals surface area (Å²) < 4.78 is 5.83. The molecule has 5 heteroatoms. The van der Waals surface area contributed by atoms with E-state index in [1.807, 2.05) is 47.4 Å². The number of piperidine rings is 1. The van der Waals surface area contributed by atoms with E-state index in [9.17, 15) is 9.59 Å². The predicted octanol–water partition coefficient (Wildman–Crippen LogP) is 3.09. The third-order valence-corrected chi connectivity index (χ3v) is 5.87. The number of hydrogen-bond acceptors (Lipinski definition) is 3. The zero-order valence-electron chi connectivity index (χ0n) is 15.9. The number of likely N-dealkylation sites (tertiary alicyclic amines) is 1. The van der Waals surface area contributed by atoms with Crippen molar-refractivity contribution < 1.29 is 14.3 Å². The maximum absolute atomic E-state index is 12.7. The molecule has 146 valence electrons. The number of rotatable bonds is 6. The minimum atomic E-state index is -0.244. The monoisotopic (exact) mass is 378 g/mol. The van der Waals surface area contributed by atoms with Crippen LogP contribution in [0.5, 0.6) is 5.75 Å². The van der Waals surface area contributed by atoms with Crippen LogP contribution in [0.25, 0.3) is 0 Å². The molecular weight excluding hydrogens is 352 g/mol. The van der Waals surface area contributed by atoms with E-state index in [0.717, 1.165) is 17.7 Å². The SMILES string of the molecule is NC(=O)C1CCN(C(=O)C2CC2c2ccc(OCc3ccccc3)cc2)CC1. The van der Waals surface area contributed by atoms with E-state index in [1.54, 1.807) is 0 Å². The number of carbonyl (C=O) groups excluding carboxylic acids is 2. The van der Waals surface area contributed by atoms with Crippen LogP contribution in [-0.4, -0.2) is 29.8 Å². The minimum absolute atomic E-state index is 0.0706. The summed E-state index contributed by atoms with van der Waals surface area (Å²) in [4.78, 5) is 25.9. The van der Waals surface area contributed by atoms with Gasteiger partial charge in [-0.05, 0) is 48.4 Å². The van der Waals surface area contributed by atoms with Crippen LogP contribution in [0.15, 0.2) is 54.6 Å². The molecule has 2 unspecified atom stereocenters. The molecule has 1 aliphatic carbocycles. The Balaban J connectivity index is 1.28. The van der Waals surface area contributed by atoms with Crippen molar-refractivity contribution in [2.45, 2.75) is 31.8 Å². The molecule has 1 heterocycles. The maximum atomic E-state index is 12.7. The molecule has 0 bridgehead atoms. The lowest BCUT2D eigenvalue weighted by Gasteiger charge is -2.30. The van der Waals surface area contributed by atoms with E-state index >= 15 is 0 Å². The van der Waals surface area contributed by atoms with Gasteiger partial charge in [0.1, 0.15) is 12.4 Å². The Morgan fingerprint density at radius 2 is 1.68 bits per heavy atom. The highest BCUT2D eigenvalue weighted by Gasteiger charge is 2.46. The van der Waals surface area contributed by atoms with Crippen LogP contribution >= 0.6 is 0 Å². The van der Waals surface area contributed by atoms with Gasteiger partial charge in [0.2, 0.25) is 11.8 Å². The smallest absolute Gasteiger partial charge is 0.226 e. The number of amides is 2. The van der Waals surface area contributed by atoms with Crippen molar-refractivity contribution in [1.29, 1.82) is 0 Å². The van der Waals surface area contributed by atoms with Crippen LogP contribution in [0.4, 0.5) is 0 Å². The summed E-state index contributed by atoms with van der Waals surface area (Å²) in [5, 5.41) is 0. The number of primary amides is 1. The molecule has 2 aliphatic rings. The van der Waals surface area contributed by atoms with Gasteiger partial charge in [-0.25, -0.2) is 0 Å². The van der Waals surface area contributed by atoms with Crippen molar-refractivity contribution in [3.63, 3.8) is 0 Å². The van der Waals surface area contributed by atoms with Crippen molar-refractivity contribution in [1.82, 2.24) is 4.90 Å². The molecule has 2 aromatic rings. The van der Waals surface area contributed by atoms with E-state index in [4.69, 9.17) is 10.5 Å². The average molecular weight is 378 g/mol. The highest BCUT2D eigenvalue weighted by molar-refractivity contribution is 5.83. The summed E-state index contributed by atoms with van der Waals surface area (Å²) in [6, 6.07) is 18.2. The van der Waals surface area contributed by atoms with Crippen molar-refractivity contribution >= 4 is 11.8 Å². The number of benzene rings is 2. The first kappa shape index (κ1) is 18.5. The molecule has 1 aliphatic heterocycles. The van der Waals surface area contributed by atoms with Crippen molar-refractivity contribution in [2.75, 3.05) is 13.1 Å². The topological polar surface area (TPSA) is 72.6 Å². The third kappa shape index (κ3) is 4.19. The van der Waals surface area contributed by atoms with Crippen LogP contribution in [0.3, 0.4) is 0 Å². The fraction of sp³-hybridized carbons (Fsp3) is 0.391. The van der Waals surface area contributed by atoms with Gasteiger partial charge in [0.15, 0.2) is 0 Å². The van der Waals surface area contributed by atoms with Crippen LogP contribution in [0.2, 0.25) is 0 Å². The molecule has 2 N–H and O–H groups in total. The Kier molecular flexibility index (Phi) is 5.33. The Morgan fingerprint density at radius 3 is 2.32 bits per heavy atom. The zero-order chi connectivity index (χ0) is 19.5. The van der Waals surface area contributed by atoms with Gasteiger partial charge in [-0.1, -0.05) is 42.5 Å². The van der Waals surface area contributed by atoms with Crippen molar-refractivity contribution in [3.8, 4) is 5.75 Å². The molecule has 5 nitrogen and oxygen atoms in total. The molecule has 0 aromatic heterocycles. The molecule has 4 rings (SSSR count). The number of ether oxygens (including phenoxy) is 1. The van der Waals surface area contributed by atoms with E-state index in [0.29, 0.717) is 38.5 Å². The normalized spacial score (nSPS) is 21.9. The Hall–Kier alpha value is -2.82. The highest BCUT2D eigenvalue weighted by atomic mass is 16.5. The maximum Gasteiger partial charge on any atom is 0.226 e. The minimum Gasteiger partial charge on any atom is -0.489 e. The predicted molar refractivity (Wildman–Crippen MR) is 107 cm³/mol. The van der Waals surface area contributed by atoms with E-state index in [2.05, 4.69) is 12.1 Å². The molecule has 1 saturated heterocycles. The summed E-state index contributed by atoms with van der Waals surface area (Å²) in [6.45, 7) is 1.83. The standard InChI is InChI=1S/C23H26N2O3/c24-22(26)18-10-12-25(13-11-18)23(27)21-14-20(21)17-6-8-19(9-7-17)28-15-16-4-2-1-3-5-16/h1-9,18,20-21H,10-15H2,(H2,24,26). The van der Waals surface area contributed by atoms with Crippen molar-refractivity contribution in [3.05, 3.63) is 65.7 Å². The molecule has 2 amide bonds. The number of carbonyl (C=O) groups is 2. The van der Waals surface area contributed by atoms with Gasteiger partial charge >= 0.3 is 0 Å². The molecule has 2 fully saturated rings. The van der Waals surface area contributed by atoms with Gasteiger partial charge in [-0.15, -0.1) is 0 Å². The summed E-state index contributed by atoms with van der Waals surface area (Å²) >= 11 is 0. The second kappa shape index (κ2) is 8.05. The molecule has 2 atom stereocenters. The van der Waals surface area contributed by atoms with E-state index in [1.165, 1.54) is 5.56 Å². The second-order valence-electron chi connectivity index (χ2n) is 7.79. The van der Waals surface area contributed by atoms with Crippen LogP contribution in [-0.2, 0) is 16.2 Å². The molecule has 0 spiro atoms. The summed E-state index contributed by atoms with van der Waals surface area (Å²) in [6.07, 6.45) is 2.27. The van der Waals surface area contributed by atoms with Gasteiger partial charge in [0, 0.05) is 24.9 Å². The second-order valence-corrected chi connectivity index (χ2v) is 7.79. The molecule has 2 aromatic carbocycles. The fourth-order valence-corrected chi connectivity index (χ4v) is 4.01. The first-order valence-electron chi connectivity index (χ1n) is 9.96. The zero-order valence-corrected chi connectivity index (χ0v) is 15.9. The average Bonchev–Trinajstić information content (AvgIpc) is 3.54. The first-order chi connectivity index (χ1) is 13.6. The lowest BCUT2D eigenvalue weighted by atomic mass is 9.96. The van der Waals surface area contributed by atoms with Crippen LogP contribution in [0.1, 0.15) is 36.3 Å². The Labute approximate surface area is 165 Å². The number of nitrogens with zero attached hydrogens (tertiary/aromatic N) is 1. The van der Waals surface area contributed by atoms with E-state index < -0.39 is 0 Å². The van der Waals surface area contributed by atoms with Crippen LogP contribution in [0, 0.1) is 11.8 Å². The Morgan fingerprint density at radius 1 is 1.00 bits per heavy atom.